The van der Waals surface area contributed by atoms with Gasteiger partial charge in [-0.2, -0.15) is 5.26 Å². The largest absolute Gasteiger partial charge is 0.294 e. The molecule has 0 aliphatic heterocycles. The van der Waals surface area contributed by atoms with Crippen LogP contribution in [0.5, 0.6) is 0 Å². The van der Waals surface area contributed by atoms with Gasteiger partial charge in [-0.1, -0.05) is 13.0 Å². The smallest absolute Gasteiger partial charge is 0.124 e. The van der Waals surface area contributed by atoms with Crippen LogP contribution in [0, 0.1) is 24.1 Å². The maximum Gasteiger partial charge on any atom is 0.124 e. The van der Waals surface area contributed by atoms with E-state index in [2.05, 4.69) is 16.8 Å². The lowest BCUT2D eigenvalue weighted by molar-refractivity contribution is 0.267. The van der Waals surface area contributed by atoms with E-state index in [9.17, 15) is 4.39 Å². The van der Waals surface area contributed by atoms with Gasteiger partial charge in [0, 0.05) is 18.8 Å². The summed E-state index contributed by atoms with van der Waals surface area (Å²) in [6.07, 6.45) is 0. The Morgan fingerprint density at radius 2 is 2.05 bits per heavy atom. The van der Waals surface area contributed by atoms with Gasteiger partial charge in [-0.3, -0.25) is 9.88 Å². The quantitative estimate of drug-likeness (QED) is 0.844. The van der Waals surface area contributed by atoms with Crippen molar-refractivity contribution in [3.05, 3.63) is 64.7 Å². The molecule has 0 aliphatic carbocycles. The Balaban J connectivity index is 2.12. The lowest BCUT2D eigenvalue weighted by atomic mass is 10.1. The number of rotatable bonds is 5. The van der Waals surface area contributed by atoms with Gasteiger partial charge in [0.2, 0.25) is 0 Å². The fourth-order valence-electron chi connectivity index (χ4n) is 2.26. The molecule has 0 spiro atoms. The molecule has 0 saturated carbocycles. The summed E-state index contributed by atoms with van der Waals surface area (Å²) in [7, 11) is 0. The molecular weight excluding hydrogens is 265 g/mol. The molecular formula is C17H18FN3. The van der Waals surface area contributed by atoms with Crippen molar-refractivity contribution in [1.29, 1.82) is 5.26 Å². The standard InChI is InChI=1S/C17H18FN3/c1-3-21(12-17-6-4-5-13(2)20-17)11-15-7-14(10-19)8-16(18)9-15/h4-9H,3,11-12H2,1-2H3. The Labute approximate surface area is 124 Å². The topological polar surface area (TPSA) is 39.9 Å². The molecule has 3 nitrogen and oxygen atoms in total. The van der Waals surface area contributed by atoms with E-state index in [4.69, 9.17) is 5.26 Å². The van der Waals surface area contributed by atoms with E-state index in [1.165, 1.54) is 12.1 Å². The van der Waals surface area contributed by atoms with Crippen molar-refractivity contribution in [2.24, 2.45) is 0 Å². The van der Waals surface area contributed by atoms with Gasteiger partial charge in [0.1, 0.15) is 5.82 Å². The van der Waals surface area contributed by atoms with Crippen molar-refractivity contribution in [1.82, 2.24) is 9.88 Å². The summed E-state index contributed by atoms with van der Waals surface area (Å²) in [6.45, 7) is 6.15. The van der Waals surface area contributed by atoms with Crippen LogP contribution in [0.15, 0.2) is 36.4 Å². The van der Waals surface area contributed by atoms with E-state index in [1.54, 1.807) is 6.07 Å². The van der Waals surface area contributed by atoms with Crippen LogP contribution in [0.3, 0.4) is 0 Å². The zero-order chi connectivity index (χ0) is 15.2. The molecule has 4 heteroatoms. The predicted molar refractivity (Wildman–Crippen MR) is 79.9 cm³/mol. The third-order valence-electron chi connectivity index (χ3n) is 3.27. The van der Waals surface area contributed by atoms with E-state index in [1.807, 2.05) is 31.2 Å². The highest BCUT2D eigenvalue weighted by Crippen LogP contribution is 2.13. The van der Waals surface area contributed by atoms with Crippen LogP contribution in [0.4, 0.5) is 4.39 Å². The minimum Gasteiger partial charge on any atom is -0.294 e. The number of halogens is 1. The van der Waals surface area contributed by atoms with Gasteiger partial charge >= 0.3 is 0 Å². The number of nitriles is 1. The molecule has 0 atom stereocenters. The maximum atomic E-state index is 13.5. The first-order chi connectivity index (χ1) is 10.1. The molecule has 2 aromatic rings. The van der Waals surface area contributed by atoms with Crippen LogP contribution in [0.2, 0.25) is 0 Å². The van der Waals surface area contributed by atoms with Gasteiger partial charge < -0.3 is 0 Å². The Bertz CT molecular complexity index is 661. The molecule has 0 unspecified atom stereocenters. The summed E-state index contributed by atoms with van der Waals surface area (Å²) in [5, 5.41) is 8.90. The molecule has 0 radical (unpaired) electrons. The van der Waals surface area contributed by atoms with Crippen LogP contribution < -0.4 is 0 Å². The van der Waals surface area contributed by atoms with Crippen molar-refractivity contribution in [2.75, 3.05) is 6.54 Å². The van der Waals surface area contributed by atoms with Crippen molar-refractivity contribution >= 4 is 0 Å². The molecule has 21 heavy (non-hydrogen) atoms. The molecule has 108 valence electrons. The summed E-state index contributed by atoms with van der Waals surface area (Å²) in [5.41, 5.74) is 3.14. The van der Waals surface area contributed by atoms with Crippen LogP contribution >= 0.6 is 0 Å². The van der Waals surface area contributed by atoms with Gasteiger partial charge in [-0.25, -0.2) is 4.39 Å². The third-order valence-corrected chi connectivity index (χ3v) is 3.27. The highest BCUT2D eigenvalue weighted by Gasteiger charge is 2.08. The molecule has 1 aromatic heterocycles. The second-order valence-corrected chi connectivity index (χ2v) is 5.03. The predicted octanol–water partition coefficient (Wildman–Crippen LogP) is 3.42. The molecule has 0 fully saturated rings. The molecule has 1 heterocycles. The minimum absolute atomic E-state index is 0.356. The number of hydrogen-bond donors (Lipinski definition) is 0. The molecule has 0 aliphatic rings. The first-order valence-corrected chi connectivity index (χ1v) is 6.95. The van der Waals surface area contributed by atoms with Crippen molar-refractivity contribution in [3.63, 3.8) is 0 Å². The molecule has 0 amide bonds. The third kappa shape index (κ3) is 4.37. The minimum atomic E-state index is -0.367. The van der Waals surface area contributed by atoms with Crippen molar-refractivity contribution in [3.8, 4) is 6.07 Å². The van der Waals surface area contributed by atoms with E-state index in [0.717, 1.165) is 23.5 Å². The number of pyridine rings is 1. The second-order valence-electron chi connectivity index (χ2n) is 5.03. The molecule has 0 N–H and O–H groups in total. The normalized spacial score (nSPS) is 10.6. The van der Waals surface area contributed by atoms with Gasteiger partial charge in [-0.05, 0) is 49.4 Å². The molecule has 0 bridgehead atoms. The summed E-state index contributed by atoms with van der Waals surface area (Å²) >= 11 is 0. The number of benzene rings is 1. The number of aryl methyl sites for hydroxylation is 1. The maximum absolute atomic E-state index is 13.5. The van der Waals surface area contributed by atoms with Crippen molar-refractivity contribution in [2.45, 2.75) is 26.9 Å². The Morgan fingerprint density at radius 1 is 1.24 bits per heavy atom. The molecule has 1 aromatic carbocycles. The number of nitrogens with zero attached hydrogens (tertiary/aromatic N) is 3. The second kappa shape index (κ2) is 6.96. The summed E-state index contributed by atoms with van der Waals surface area (Å²) in [4.78, 5) is 6.65. The monoisotopic (exact) mass is 283 g/mol. The van der Waals surface area contributed by atoms with E-state index >= 15 is 0 Å². The first kappa shape index (κ1) is 15.1. The van der Waals surface area contributed by atoms with Crippen molar-refractivity contribution < 1.29 is 4.39 Å². The van der Waals surface area contributed by atoms with Crippen LogP contribution in [-0.2, 0) is 13.1 Å². The lowest BCUT2D eigenvalue weighted by Crippen LogP contribution is -2.23. The molecule has 0 saturated heterocycles. The highest BCUT2D eigenvalue weighted by atomic mass is 19.1. The van der Waals surface area contributed by atoms with E-state index < -0.39 is 0 Å². The lowest BCUT2D eigenvalue weighted by Gasteiger charge is -2.20. The summed E-state index contributed by atoms with van der Waals surface area (Å²) < 4.78 is 13.5. The number of aromatic nitrogens is 1. The fraction of sp³-hybridized carbons (Fsp3) is 0.294. The van der Waals surface area contributed by atoms with Gasteiger partial charge in [0.05, 0.1) is 17.3 Å². The van der Waals surface area contributed by atoms with Crippen LogP contribution in [-0.4, -0.2) is 16.4 Å². The Hall–Kier alpha value is -2.25. The van der Waals surface area contributed by atoms with Gasteiger partial charge in [-0.15, -0.1) is 0 Å². The van der Waals surface area contributed by atoms with E-state index in [-0.39, 0.29) is 5.82 Å². The highest BCUT2D eigenvalue weighted by molar-refractivity contribution is 5.33. The SMILES string of the molecule is CCN(Cc1cc(F)cc(C#N)c1)Cc1cccc(C)n1. The summed E-state index contributed by atoms with van der Waals surface area (Å²) in [5.74, 6) is -0.367. The van der Waals surface area contributed by atoms with Gasteiger partial charge in [0.15, 0.2) is 0 Å². The number of hydrogen-bond acceptors (Lipinski definition) is 3. The van der Waals surface area contributed by atoms with E-state index in [0.29, 0.717) is 18.7 Å². The van der Waals surface area contributed by atoms with Gasteiger partial charge in [0.25, 0.3) is 0 Å². The molecule has 2 rings (SSSR count). The zero-order valence-electron chi connectivity index (χ0n) is 12.3. The van der Waals surface area contributed by atoms with Crippen LogP contribution in [0.25, 0.3) is 0 Å². The summed E-state index contributed by atoms with van der Waals surface area (Å²) in [6, 6.07) is 12.4. The zero-order valence-corrected chi connectivity index (χ0v) is 12.3. The fourth-order valence-corrected chi connectivity index (χ4v) is 2.26. The Kier molecular flexibility index (Phi) is 5.02. The average Bonchev–Trinajstić information content (AvgIpc) is 2.46. The average molecular weight is 283 g/mol. The Morgan fingerprint density at radius 3 is 2.71 bits per heavy atom. The van der Waals surface area contributed by atoms with Crippen LogP contribution in [0.1, 0.15) is 29.4 Å². The first-order valence-electron chi connectivity index (χ1n) is 6.95.